The SMILES string of the molecule is Cc1cc(NCc2cccc(-c3cnn(C)c3)c2)ncn1. The van der Waals surface area contributed by atoms with Crippen molar-refractivity contribution in [3.8, 4) is 11.1 Å². The van der Waals surface area contributed by atoms with Crippen LogP contribution in [0.5, 0.6) is 0 Å². The fourth-order valence-electron chi connectivity index (χ4n) is 2.17. The van der Waals surface area contributed by atoms with Gasteiger partial charge in [-0.15, -0.1) is 0 Å². The van der Waals surface area contributed by atoms with Gasteiger partial charge < -0.3 is 5.32 Å². The van der Waals surface area contributed by atoms with Gasteiger partial charge in [0.15, 0.2) is 0 Å². The molecular formula is C16H17N5. The molecule has 1 aromatic carbocycles. The van der Waals surface area contributed by atoms with Gasteiger partial charge in [0, 0.05) is 37.1 Å². The summed E-state index contributed by atoms with van der Waals surface area (Å²) in [5.41, 5.74) is 4.45. The molecule has 0 aliphatic heterocycles. The van der Waals surface area contributed by atoms with Crippen molar-refractivity contribution in [2.24, 2.45) is 7.05 Å². The number of hydrogen-bond donors (Lipinski definition) is 1. The van der Waals surface area contributed by atoms with E-state index in [1.807, 2.05) is 37.1 Å². The third-order valence-corrected chi connectivity index (χ3v) is 3.24. The Balaban J connectivity index is 1.74. The average molecular weight is 279 g/mol. The van der Waals surface area contributed by atoms with E-state index in [1.165, 1.54) is 11.1 Å². The number of aromatic nitrogens is 4. The van der Waals surface area contributed by atoms with Crippen LogP contribution in [0.2, 0.25) is 0 Å². The highest BCUT2D eigenvalue weighted by atomic mass is 15.2. The summed E-state index contributed by atoms with van der Waals surface area (Å²) in [4.78, 5) is 8.29. The van der Waals surface area contributed by atoms with Gasteiger partial charge in [-0.05, 0) is 24.1 Å². The predicted molar refractivity (Wildman–Crippen MR) is 82.7 cm³/mol. The van der Waals surface area contributed by atoms with Crippen LogP contribution < -0.4 is 5.32 Å². The summed E-state index contributed by atoms with van der Waals surface area (Å²) in [6, 6.07) is 10.4. The Bertz CT molecular complexity index is 748. The lowest BCUT2D eigenvalue weighted by Crippen LogP contribution is -2.02. The molecule has 0 bridgehead atoms. The number of benzene rings is 1. The molecule has 0 atom stereocenters. The summed E-state index contributed by atoms with van der Waals surface area (Å²) in [6.07, 6.45) is 5.46. The molecule has 3 aromatic rings. The minimum atomic E-state index is 0.727. The van der Waals surface area contributed by atoms with Crippen molar-refractivity contribution in [3.05, 3.63) is 60.3 Å². The van der Waals surface area contributed by atoms with E-state index < -0.39 is 0 Å². The maximum absolute atomic E-state index is 4.21. The Morgan fingerprint density at radius 1 is 1.14 bits per heavy atom. The van der Waals surface area contributed by atoms with Crippen LogP contribution in [0.25, 0.3) is 11.1 Å². The highest BCUT2D eigenvalue weighted by molar-refractivity contribution is 5.62. The summed E-state index contributed by atoms with van der Waals surface area (Å²) in [6.45, 7) is 2.68. The molecule has 0 amide bonds. The monoisotopic (exact) mass is 279 g/mol. The van der Waals surface area contributed by atoms with Crippen LogP contribution in [-0.2, 0) is 13.6 Å². The summed E-state index contributed by atoms with van der Waals surface area (Å²) >= 11 is 0. The van der Waals surface area contributed by atoms with Crippen molar-refractivity contribution in [3.63, 3.8) is 0 Å². The Labute approximate surface area is 123 Å². The molecule has 0 unspecified atom stereocenters. The Kier molecular flexibility index (Phi) is 3.64. The quantitative estimate of drug-likeness (QED) is 0.798. The van der Waals surface area contributed by atoms with E-state index in [2.05, 4.69) is 44.6 Å². The van der Waals surface area contributed by atoms with Crippen LogP contribution in [0.4, 0.5) is 5.82 Å². The molecular weight excluding hydrogens is 262 g/mol. The van der Waals surface area contributed by atoms with E-state index in [1.54, 1.807) is 6.33 Å². The van der Waals surface area contributed by atoms with Gasteiger partial charge >= 0.3 is 0 Å². The van der Waals surface area contributed by atoms with Gasteiger partial charge in [-0.3, -0.25) is 4.68 Å². The molecule has 2 heterocycles. The van der Waals surface area contributed by atoms with E-state index in [9.17, 15) is 0 Å². The maximum Gasteiger partial charge on any atom is 0.129 e. The number of hydrogen-bond acceptors (Lipinski definition) is 4. The van der Waals surface area contributed by atoms with Gasteiger partial charge in [0.1, 0.15) is 12.1 Å². The first-order chi connectivity index (χ1) is 10.2. The van der Waals surface area contributed by atoms with E-state index in [4.69, 9.17) is 0 Å². The molecule has 5 nitrogen and oxygen atoms in total. The minimum Gasteiger partial charge on any atom is -0.366 e. The van der Waals surface area contributed by atoms with Crippen LogP contribution in [0, 0.1) is 6.92 Å². The number of rotatable bonds is 4. The Morgan fingerprint density at radius 2 is 2.05 bits per heavy atom. The van der Waals surface area contributed by atoms with Crippen molar-refractivity contribution in [2.75, 3.05) is 5.32 Å². The first-order valence-electron chi connectivity index (χ1n) is 6.81. The molecule has 0 aliphatic rings. The topological polar surface area (TPSA) is 55.6 Å². The number of aryl methyl sites for hydroxylation is 2. The van der Waals surface area contributed by atoms with Crippen molar-refractivity contribution in [1.82, 2.24) is 19.7 Å². The lowest BCUT2D eigenvalue weighted by molar-refractivity contribution is 0.768. The second kappa shape index (κ2) is 5.75. The summed E-state index contributed by atoms with van der Waals surface area (Å²) < 4.78 is 1.81. The van der Waals surface area contributed by atoms with Gasteiger partial charge in [0.05, 0.1) is 6.20 Å². The van der Waals surface area contributed by atoms with Crippen LogP contribution in [0.1, 0.15) is 11.3 Å². The van der Waals surface area contributed by atoms with Crippen molar-refractivity contribution in [2.45, 2.75) is 13.5 Å². The van der Waals surface area contributed by atoms with Crippen LogP contribution in [0.15, 0.2) is 49.1 Å². The molecule has 0 saturated carbocycles. The van der Waals surface area contributed by atoms with Crippen LogP contribution in [0.3, 0.4) is 0 Å². The van der Waals surface area contributed by atoms with Gasteiger partial charge in [-0.25, -0.2) is 9.97 Å². The molecule has 21 heavy (non-hydrogen) atoms. The molecule has 1 N–H and O–H groups in total. The fraction of sp³-hybridized carbons (Fsp3) is 0.188. The molecule has 106 valence electrons. The van der Waals surface area contributed by atoms with Crippen molar-refractivity contribution in [1.29, 1.82) is 0 Å². The lowest BCUT2D eigenvalue weighted by Gasteiger charge is -2.07. The zero-order valence-electron chi connectivity index (χ0n) is 12.1. The standard InChI is InChI=1S/C16H17N5/c1-12-6-16(19-11-18-12)17-8-13-4-3-5-14(7-13)15-9-20-21(2)10-15/h3-7,9-11H,8H2,1-2H3,(H,17,18,19). The third kappa shape index (κ3) is 3.25. The predicted octanol–water partition coefficient (Wildman–Crippen LogP) is 2.80. The van der Waals surface area contributed by atoms with Gasteiger partial charge in [0.25, 0.3) is 0 Å². The number of nitrogens with one attached hydrogen (secondary N) is 1. The molecule has 0 fully saturated rings. The molecule has 0 aliphatic carbocycles. The number of nitrogens with zero attached hydrogens (tertiary/aromatic N) is 4. The Hall–Kier alpha value is -2.69. The first-order valence-corrected chi connectivity index (χ1v) is 6.81. The van der Waals surface area contributed by atoms with Gasteiger partial charge in [0.2, 0.25) is 0 Å². The van der Waals surface area contributed by atoms with Crippen LogP contribution in [-0.4, -0.2) is 19.7 Å². The van der Waals surface area contributed by atoms with Gasteiger partial charge in [-0.2, -0.15) is 5.10 Å². The summed E-state index contributed by atoms with van der Waals surface area (Å²) in [7, 11) is 1.92. The average Bonchev–Trinajstić information content (AvgIpc) is 2.92. The van der Waals surface area contributed by atoms with Crippen molar-refractivity contribution < 1.29 is 0 Å². The van der Waals surface area contributed by atoms with Crippen LogP contribution >= 0.6 is 0 Å². The highest BCUT2D eigenvalue weighted by Gasteiger charge is 2.02. The zero-order chi connectivity index (χ0) is 14.7. The lowest BCUT2D eigenvalue weighted by atomic mass is 10.1. The van der Waals surface area contributed by atoms with E-state index in [0.717, 1.165) is 23.6 Å². The first kappa shape index (κ1) is 13.3. The van der Waals surface area contributed by atoms with Gasteiger partial charge in [-0.1, -0.05) is 18.2 Å². The summed E-state index contributed by atoms with van der Waals surface area (Å²) in [5, 5.41) is 7.52. The number of anilines is 1. The highest BCUT2D eigenvalue weighted by Crippen LogP contribution is 2.20. The molecule has 0 spiro atoms. The second-order valence-corrected chi connectivity index (χ2v) is 5.00. The van der Waals surface area contributed by atoms with E-state index in [-0.39, 0.29) is 0 Å². The largest absolute Gasteiger partial charge is 0.366 e. The van der Waals surface area contributed by atoms with E-state index in [0.29, 0.717) is 0 Å². The normalized spacial score (nSPS) is 10.6. The molecule has 3 rings (SSSR count). The van der Waals surface area contributed by atoms with Crippen molar-refractivity contribution >= 4 is 5.82 Å². The second-order valence-electron chi connectivity index (χ2n) is 5.00. The maximum atomic E-state index is 4.21. The Morgan fingerprint density at radius 3 is 2.81 bits per heavy atom. The summed E-state index contributed by atoms with van der Waals surface area (Å²) in [5.74, 6) is 0.842. The van der Waals surface area contributed by atoms with E-state index >= 15 is 0 Å². The fourth-order valence-corrected chi connectivity index (χ4v) is 2.17. The third-order valence-electron chi connectivity index (χ3n) is 3.24. The molecule has 0 saturated heterocycles. The smallest absolute Gasteiger partial charge is 0.129 e. The molecule has 5 heteroatoms. The zero-order valence-corrected chi connectivity index (χ0v) is 12.1. The molecule has 0 radical (unpaired) electrons. The molecule has 2 aromatic heterocycles. The minimum absolute atomic E-state index is 0.727.